The normalized spacial score (nSPS) is 15.8. The van der Waals surface area contributed by atoms with Crippen molar-refractivity contribution in [2.24, 2.45) is 5.73 Å². The van der Waals surface area contributed by atoms with Crippen LogP contribution in [0, 0.1) is 0 Å². The minimum atomic E-state index is -0.967. The van der Waals surface area contributed by atoms with E-state index in [4.69, 9.17) is 5.73 Å². The number of hydrogen-bond acceptors (Lipinski definition) is 3. The molecule has 0 bridgehead atoms. The summed E-state index contributed by atoms with van der Waals surface area (Å²) in [6, 6.07) is 26.5. The number of aryl methyl sites for hydroxylation is 2. The molecule has 0 aliphatic heterocycles. The van der Waals surface area contributed by atoms with Crippen molar-refractivity contribution < 1.29 is 9.90 Å². The summed E-state index contributed by atoms with van der Waals surface area (Å²) in [6.45, 7) is 0. The van der Waals surface area contributed by atoms with Crippen molar-refractivity contribution in [3.8, 4) is 0 Å². The van der Waals surface area contributed by atoms with E-state index >= 15 is 0 Å². The van der Waals surface area contributed by atoms with Crippen LogP contribution in [0.15, 0.2) is 78.9 Å². The lowest BCUT2D eigenvalue weighted by Crippen LogP contribution is -2.36. The highest BCUT2D eigenvalue weighted by Crippen LogP contribution is 2.52. The molecule has 0 saturated carbocycles. The number of rotatable bonds is 5. The molecule has 1 unspecified atom stereocenters. The number of nitrogens with two attached hydrogens (primary N) is 1. The fourth-order valence-corrected chi connectivity index (χ4v) is 5.67. The van der Waals surface area contributed by atoms with Crippen LogP contribution in [0.5, 0.6) is 0 Å². The van der Waals surface area contributed by atoms with E-state index in [1.807, 2.05) is 18.2 Å². The molecule has 4 heteroatoms. The number of carboxylic acids is 1. The van der Waals surface area contributed by atoms with Crippen LogP contribution < -0.4 is 5.73 Å². The first kappa shape index (κ1) is 18.8. The molecular weight excluding hydrogens is 366 g/mol. The smallest absolute Gasteiger partial charge is 0.321 e. The Balaban J connectivity index is 1.99. The molecule has 0 saturated heterocycles. The van der Waals surface area contributed by atoms with Gasteiger partial charge in [0, 0.05) is 5.75 Å². The average molecular weight is 390 g/mol. The number of aliphatic carboxylic acids is 1. The number of carbonyl (C=O) groups is 1. The van der Waals surface area contributed by atoms with Crippen molar-refractivity contribution in [2.75, 3.05) is 5.75 Å². The third kappa shape index (κ3) is 3.23. The van der Waals surface area contributed by atoms with Gasteiger partial charge in [0.1, 0.15) is 6.04 Å². The number of fused-ring (bicyclic) bond motifs is 2. The summed E-state index contributed by atoms with van der Waals surface area (Å²) in [5.41, 5.74) is 12.2. The summed E-state index contributed by atoms with van der Waals surface area (Å²) < 4.78 is -0.488. The Morgan fingerprint density at radius 3 is 1.93 bits per heavy atom. The van der Waals surface area contributed by atoms with E-state index in [-0.39, 0.29) is 0 Å². The molecule has 0 heterocycles. The molecule has 0 aromatic heterocycles. The van der Waals surface area contributed by atoms with E-state index in [1.165, 1.54) is 22.3 Å². The Hall–Kier alpha value is -2.56. The number of carboxylic acid groups (broad SMARTS) is 1. The van der Waals surface area contributed by atoms with Gasteiger partial charge in [0.15, 0.2) is 0 Å². The third-order valence-electron chi connectivity index (χ3n) is 5.43. The van der Waals surface area contributed by atoms with Gasteiger partial charge < -0.3 is 10.8 Å². The van der Waals surface area contributed by atoms with Crippen LogP contribution in [0.3, 0.4) is 0 Å². The Morgan fingerprint density at radius 1 is 0.893 bits per heavy atom. The number of thioether (sulfide) groups is 1. The van der Waals surface area contributed by atoms with Crippen molar-refractivity contribution >= 4 is 17.7 Å². The maximum Gasteiger partial charge on any atom is 0.321 e. The average Bonchev–Trinajstić information content (AvgIpc) is 2.88. The minimum Gasteiger partial charge on any atom is -0.480 e. The van der Waals surface area contributed by atoms with Crippen LogP contribution in [0.4, 0.5) is 0 Å². The lowest BCUT2D eigenvalue weighted by Gasteiger charge is -2.37. The summed E-state index contributed by atoms with van der Waals surface area (Å²) >= 11 is 1.63. The standard InChI is InChI=1S/C24H23NO2S/c25-22(23(26)27)16-28-24(19-10-2-1-3-11-19)20-12-6-4-8-17(20)14-15-18-9-5-7-13-21(18)24/h1-13,22H,14-16,25H2,(H,26,27). The topological polar surface area (TPSA) is 63.3 Å². The molecule has 3 aromatic rings. The Kier molecular flexibility index (Phi) is 5.25. The molecule has 0 radical (unpaired) electrons. The maximum absolute atomic E-state index is 11.4. The summed E-state index contributed by atoms with van der Waals surface area (Å²) in [5.74, 6) is -0.640. The Morgan fingerprint density at radius 2 is 1.39 bits per heavy atom. The van der Waals surface area contributed by atoms with Gasteiger partial charge in [0.25, 0.3) is 0 Å². The second kappa shape index (κ2) is 7.82. The summed E-state index contributed by atoms with van der Waals surface area (Å²) in [4.78, 5) is 11.4. The molecule has 28 heavy (non-hydrogen) atoms. The highest BCUT2D eigenvalue weighted by atomic mass is 32.2. The maximum atomic E-state index is 11.4. The number of benzene rings is 3. The molecule has 1 aliphatic carbocycles. The molecule has 4 rings (SSSR count). The highest BCUT2D eigenvalue weighted by Gasteiger charge is 2.41. The minimum absolute atomic E-state index is 0.326. The van der Waals surface area contributed by atoms with Gasteiger partial charge in [0.2, 0.25) is 0 Å². The van der Waals surface area contributed by atoms with Gasteiger partial charge in [-0.25, -0.2) is 0 Å². The van der Waals surface area contributed by atoms with Crippen LogP contribution >= 0.6 is 11.8 Å². The highest BCUT2D eigenvalue weighted by molar-refractivity contribution is 8.00. The van der Waals surface area contributed by atoms with E-state index in [0.717, 1.165) is 18.4 Å². The van der Waals surface area contributed by atoms with Gasteiger partial charge in [-0.2, -0.15) is 0 Å². The van der Waals surface area contributed by atoms with E-state index in [1.54, 1.807) is 11.8 Å². The molecule has 3 N–H and O–H groups in total. The molecule has 3 aromatic carbocycles. The molecule has 142 valence electrons. The number of hydrogen-bond donors (Lipinski definition) is 2. The van der Waals surface area contributed by atoms with Crippen molar-refractivity contribution in [3.63, 3.8) is 0 Å². The van der Waals surface area contributed by atoms with Gasteiger partial charge in [0.05, 0.1) is 4.75 Å². The van der Waals surface area contributed by atoms with Gasteiger partial charge in [-0.3, -0.25) is 4.79 Å². The van der Waals surface area contributed by atoms with Crippen LogP contribution in [0.1, 0.15) is 27.8 Å². The first-order chi connectivity index (χ1) is 13.6. The summed E-state index contributed by atoms with van der Waals surface area (Å²) in [6.07, 6.45) is 1.93. The van der Waals surface area contributed by atoms with Crippen molar-refractivity contribution in [3.05, 3.63) is 107 Å². The Bertz CT molecular complexity index is 939. The zero-order valence-electron chi connectivity index (χ0n) is 15.5. The van der Waals surface area contributed by atoms with Gasteiger partial charge in [-0.05, 0) is 40.7 Å². The van der Waals surface area contributed by atoms with E-state index in [2.05, 4.69) is 60.7 Å². The fraction of sp³-hybridized carbons (Fsp3) is 0.208. The van der Waals surface area contributed by atoms with Gasteiger partial charge in [-0.1, -0.05) is 78.9 Å². The first-order valence-corrected chi connectivity index (χ1v) is 10.5. The van der Waals surface area contributed by atoms with E-state index < -0.39 is 16.8 Å². The molecule has 0 fully saturated rings. The second-order valence-corrected chi connectivity index (χ2v) is 8.35. The first-order valence-electron chi connectivity index (χ1n) is 9.47. The molecular formula is C24H23NO2S. The summed E-state index contributed by atoms with van der Waals surface area (Å²) in [5, 5.41) is 9.37. The monoisotopic (exact) mass is 389 g/mol. The third-order valence-corrected chi connectivity index (χ3v) is 7.07. The predicted molar refractivity (Wildman–Crippen MR) is 115 cm³/mol. The zero-order valence-corrected chi connectivity index (χ0v) is 16.4. The second-order valence-electron chi connectivity index (χ2n) is 7.12. The van der Waals surface area contributed by atoms with Gasteiger partial charge in [-0.15, -0.1) is 11.8 Å². The molecule has 1 aliphatic rings. The molecule has 0 spiro atoms. The van der Waals surface area contributed by atoms with Gasteiger partial charge >= 0.3 is 5.97 Å². The van der Waals surface area contributed by atoms with Crippen LogP contribution in [-0.4, -0.2) is 22.9 Å². The molecule has 3 nitrogen and oxygen atoms in total. The van der Waals surface area contributed by atoms with E-state index in [9.17, 15) is 9.90 Å². The fourth-order valence-electron chi connectivity index (χ4n) is 4.09. The van der Waals surface area contributed by atoms with Crippen LogP contribution in [0.2, 0.25) is 0 Å². The largest absolute Gasteiger partial charge is 0.480 e. The van der Waals surface area contributed by atoms with Crippen molar-refractivity contribution in [1.29, 1.82) is 0 Å². The molecule has 0 amide bonds. The SMILES string of the molecule is NC(CSC1(c2ccccc2)c2ccccc2CCc2ccccc21)C(=O)O. The predicted octanol–water partition coefficient (Wildman–Crippen LogP) is 4.22. The van der Waals surface area contributed by atoms with Crippen molar-refractivity contribution in [1.82, 2.24) is 0 Å². The quantitative estimate of drug-likeness (QED) is 0.686. The molecule has 1 atom stereocenters. The van der Waals surface area contributed by atoms with Crippen LogP contribution in [0.25, 0.3) is 0 Å². The van der Waals surface area contributed by atoms with E-state index in [0.29, 0.717) is 5.75 Å². The van der Waals surface area contributed by atoms with Crippen LogP contribution in [-0.2, 0) is 22.4 Å². The Labute approximate surface area is 169 Å². The zero-order chi connectivity index (χ0) is 19.6. The van der Waals surface area contributed by atoms with Crippen molar-refractivity contribution in [2.45, 2.75) is 23.6 Å². The summed E-state index contributed by atoms with van der Waals surface area (Å²) in [7, 11) is 0. The lowest BCUT2D eigenvalue weighted by molar-refractivity contribution is -0.137. The lowest BCUT2D eigenvalue weighted by atomic mass is 9.81.